The van der Waals surface area contributed by atoms with Gasteiger partial charge in [0, 0.05) is 18.9 Å². The highest BCUT2D eigenvalue weighted by molar-refractivity contribution is 5.88. The zero-order valence-corrected chi connectivity index (χ0v) is 21.4. The molecule has 0 heterocycles. The fourth-order valence-electron chi connectivity index (χ4n) is 4.47. The molecule has 2 saturated carbocycles. The average Bonchev–Trinajstić information content (AvgIpc) is 3.30. The van der Waals surface area contributed by atoms with Crippen LogP contribution in [0.1, 0.15) is 87.0 Å². The molecule has 0 aromatic rings. The Hall–Kier alpha value is -2.18. The minimum absolute atomic E-state index is 0.117. The Morgan fingerprint density at radius 1 is 0.818 bits per heavy atom. The smallest absolute Gasteiger partial charge is 0.331 e. The highest BCUT2D eigenvalue weighted by Crippen LogP contribution is 2.39. The number of hydrogen-bond acceptors (Lipinski definition) is 7. The number of allylic oxidation sites excluding steroid dienone is 1. The van der Waals surface area contributed by atoms with Gasteiger partial charge in [0.1, 0.15) is 11.4 Å². The molecular weight excluding hydrogens is 424 g/mol. The molecule has 2 aliphatic rings. The van der Waals surface area contributed by atoms with Gasteiger partial charge in [0.05, 0.1) is 25.0 Å². The summed E-state index contributed by atoms with van der Waals surface area (Å²) < 4.78 is 15.3. The molecule has 2 aliphatic carbocycles. The Labute approximate surface area is 198 Å². The van der Waals surface area contributed by atoms with Crippen LogP contribution >= 0.6 is 0 Å². The van der Waals surface area contributed by atoms with Gasteiger partial charge < -0.3 is 14.2 Å². The molecule has 7 nitrogen and oxygen atoms in total. The number of carbonyl (C=O) groups excluding carboxylic acids is 4. The Bertz CT molecular complexity index is 717. The fourth-order valence-corrected chi connectivity index (χ4v) is 4.47. The first-order valence-electron chi connectivity index (χ1n) is 12.2. The van der Waals surface area contributed by atoms with Crippen molar-refractivity contribution in [3.05, 3.63) is 11.6 Å². The molecule has 2 fully saturated rings. The molecule has 0 aromatic carbocycles. The van der Waals surface area contributed by atoms with Crippen molar-refractivity contribution in [2.75, 3.05) is 13.2 Å². The molecule has 2 rings (SSSR count). The van der Waals surface area contributed by atoms with Crippen molar-refractivity contribution in [2.24, 2.45) is 23.7 Å². The van der Waals surface area contributed by atoms with Gasteiger partial charge in [0.15, 0.2) is 0 Å². The Morgan fingerprint density at radius 2 is 1.30 bits per heavy atom. The predicted octanol–water partition coefficient (Wildman–Crippen LogP) is 4.81. The number of hydrogen-bond donors (Lipinski definition) is 0. The minimum atomic E-state index is -0.489. The summed E-state index contributed by atoms with van der Waals surface area (Å²) in [5.74, 6) is -0.274. The van der Waals surface area contributed by atoms with E-state index in [0.29, 0.717) is 32.5 Å². The summed E-state index contributed by atoms with van der Waals surface area (Å²) in [7, 11) is 0. The lowest BCUT2D eigenvalue weighted by atomic mass is 9.94. The molecule has 0 bridgehead atoms. The molecule has 0 N–H and O–H groups in total. The quantitative estimate of drug-likeness (QED) is 0.302. The minimum Gasteiger partial charge on any atom is -0.466 e. The number of esters is 3. The highest BCUT2D eigenvalue weighted by atomic mass is 16.6. The first-order valence-corrected chi connectivity index (χ1v) is 12.2. The van der Waals surface area contributed by atoms with Gasteiger partial charge in [0.25, 0.3) is 0 Å². The summed E-state index contributed by atoms with van der Waals surface area (Å²) in [6, 6.07) is 0. The van der Waals surface area contributed by atoms with E-state index in [2.05, 4.69) is 6.92 Å². The summed E-state index contributed by atoms with van der Waals surface area (Å²) >= 11 is 0. The second-order valence-electron chi connectivity index (χ2n) is 9.74. The largest absolute Gasteiger partial charge is 0.466 e. The normalized spacial score (nSPS) is 25.9. The molecule has 0 amide bonds. The maximum atomic E-state index is 11.9. The second-order valence-corrected chi connectivity index (χ2v) is 9.74. The van der Waals surface area contributed by atoms with Gasteiger partial charge in [-0.05, 0) is 59.3 Å². The molecule has 4 atom stereocenters. The number of ether oxygens (including phenoxy) is 3. The highest BCUT2D eigenvalue weighted by Gasteiger charge is 2.37. The average molecular weight is 467 g/mol. The van der Waals surface area contributed by atoms with Crippen LogP contribution < -0.4 is 0 Å². The van der Waals surface area contributed by atoms with Gasteiger partial charge in [-0.3, -0.25) is 14.4 Å². The topological polar surface area (TPSA) is 96.0 Å². The van der Waals surface area contributed by atoms with Crippen molar-refractivity contribution >= 4 is 23.7 Å². The van der Waals surface area contributed by atoms with Gasteiger partial charge in [0.2, 0.25) is 0 Å². The first kappa shape index (κ1) is 28.9. The van der Waals surface area contributed by atoms with Gasteiger partial charge in [-0.25, -0.2) is 4.79 Å². The first-order chi connectivity index (χ1) is 15.4. The van der Waals surface area contributed by atoms with Crippen molar-refractivity contribution in [3.8, 4) is 0 Å². The zero-order chi connectivity index (χ0) is 25.2. The van der Waals surface area contributed by atoms with E-state index < -0.39 is 5.60 Å². The number of ketones is 1. The van der Waals surface area contributed by atoms with E-state index >= 15 is 0 Å². The summed E-state index contributed by atoms with van der Waals surface area (Å²) in [6.07, 6.45) is 5.67. The van der Waals surface area contributed by atoms with Crippen LogP contribution in [0, 0.1) is 23.7 Å². The fraction of sp³-hybridized carbons (Fsp3) is 0.769. The monoisotopic (exact) mass is 466 g/mol. The number of rotatable bonds is 7. The summed E-state index contributed by atoms with van der Waals surface area (Å²) in [5.41, 5.74) is 0.501. The molecule has 4 unspecified atom stereocenters. The van der Waals surface area contributed by atoms with Crippen molar-refractivity contribution in [3.63, 3.8) is 0 Å². The van der Waals surface area contributed by atoms with Crippen molar-refractivity contribution < 1.29 is 33.4 Å². The molecule has 7 heteroatoms. The van der Waals surface area contributed by atoms with Crippen LogP contribution in [0.3, 0.4) is 0 Å². The Balaban J connectivity index is 0.000000361. The van der Waals surface area contributed by atoms with Crippen LogP contribution in [0.4, 0.5) is 0 Å². The van der Waals surface area contributed by atoms with E-state index in [-0.39, 0.29) is 47.4 Å². The van der Waals surface area contributed by atoms with Crippen LogP contribution in [-0.4, -0.2) is 42.5 Å². The lowest BCUT2D eigenvalue weighted by Gasteiger charge is -2.18. The third-order valence-electron chi connectivity index (χ3n) is 6.04. The molecule has 0 saturated heterocycles. The SMILES string of the molecule is CCOC(=O)C1CC(=CC(=O)OC(C)(C)C)CC1CC.CCOC(=O)C1CC(=O)CC1CC. The van der Waals surface area contributed by atoms with E-state index in [1.54, 1.807) is 13.0 Å². The summed E-state index contributed by atoms with van der Waals surface area (Å²) in [5, 5.41) is 0. The summed E-state index contributed by atoms with van der Waals surface area (Å²) in [4.78, 5) is 46.2. The van der Waals surface area contributed by atoms with E-state index in [0.717, 1.165) is 24.8 Å². The molecular formula is C26H42O7. The molecule has 0 spiro atoms. The van der Waals surface area contributed by atoms with Gasteiger partial charge in [-0.15, -0.1) is 0 Å². The number of Topliss-reactive ketones (excluding diaryl/α,β-unsaturated/α-hetero) is 1. The lowest BCUT2D eigenvalue weighted by molar-refractivity contribution is -0.150. The van der Waals surface area contributed by atoms with E-state index in [4.69, 9.17) is 14.2 Å². The van der Waals surface area contributed by atoms with Crippen LogP contribution in [0.2, 0.25) is 0 Å². The van der Waals surface area contributed by atoms with E-state index in [9.17, 15) is 19.2 Å². The molecule has 188 valence electrons. The van der Waals surface area contributed by atoms with E-state index in [1.807, 2.05) is 34.6 Å². The molecule has 0 aliphatic heterocycles. The summed E-state index contributed by atoms with van der Waals surface area (Å²) in [6.45, 7) is 14.0. The van der Waals surface area contributed by atoms with Crippen LogP contribution in [0.15, 0.2) is 11.6 Å². The zero-order valence-electron chi connectivity index (χ0n) is 21.4. The second kappa shape index (κ2) is 13.5. The number of carbonyl (C=O) groups is 4. The third-order valence-corrected chi connectivity index (χ3v) is 6.04. The van der Waals surface area contributed by atoms with Crippen molar-refractivity contribution in [1.82, 2.24) is 0 Å². The molecule has 0 radical (unpaired) electrons. The molecule has 33 heavy (non-hydrogen) atoms. The maximum absolute atomic E-state index is 11.9. The predicted molar refractivity (Wildman–Crippen MR) is 125 cm³/mol. The maximum Gasteiger partial charge on any atom is 0.331 e. The Morgan fingerprint density at radius 3 is 1.76 bits per heavy atom. The lowest BCUT2D eigenvalue weighted by Crippen LogP contribution is -2.22. The van der Waals surface area contributed by atoms with Gasteiger partial charge in [-0.2, -0.15) is 0 Å². The van der Waals surface area contributed by atoms with Crippen molar-refractivity contribution in [2.45, 2.75) is 92.6 Å². The van der Waals surface area contributed by atoms with Crippen LogP contribution in [0.5, 0.6) is 0 Å². The van der Waals surface area contributed by atoms with Crippen LogP contribution in [-0.2, 0) is 33.4 Å². The van der Waals surface area contributed by atoms with Crippen molar-refractivity contribution in [1.29, 1.82) is 0 Å². The third kappa shape index (κ3) is 9.68. The van der Waals surface area contributed by atoms with Gasteiger partial charge >= 0.3 is 17.9 Å². The Kier molecular flexibility index (Phi) is 11.8. The molecule has 0 aromatic heterocycles. The standard InChI is InChI=1S/C16H26O4.C10H16O3/c1-6-12-8-11(9-13(12)15(18)19-7-2)10-14(17)20-16(3,4)5;1-3-7-5-8(11)6-9(7)10(12)13-4-2/h10,12-13H,6-9H2,1-5H3;7,9H,3-6H2,1-2H3. The van der Waals surface area contributed by atoms with Crippen LogP contribution in [0.25, 0.3) is 0 Å². The van der Waals surface area contributed by atoms with E-state index in [1.165, 1.54) is 0 Å². The van der Waals surface area contributed by atoms with Gasteiger partial charge in [-0.1, -0.05) is 32.3 Å².